The fraction of sp³-hybridized carbons (Fsp3) is 0.625. The molecule has 1 aliphatic heterocycles. The molecule has 1 aromatic carbocycles. The Morgan fingerprint density at radius 3 is 2.63 bits per heavy atom. The van der Waals surface area contributed by atoms with Crippen molar-refractivity contribution >= 4 is 17.3 Å². The topological polar surface area (TPSA) is 15.3 Å². The second-order valence-electron chi connectivity index (χ2n) is 6.07. The minimum absolute atomic E-state index is 0.744. The fourth-order valence-corrected chi connectivity index (χ4v) is 3.14. The minimum atomic E-state index is 0.744. The Kier molecular flexibility index (Phi) is 3.99. The van der Waals surface area contributed by atoms with Gasteiger partial charge in [0.2, 0.25) is 0 Å². The van der Waals surface area contributed by atoms with Gasteiger partial charge in [0.05, 0.1) is 10.7 Å². The summed E-state index contributed by atoms with van der Waals surface area (Å²) in [4.78, 5) is 2.48. The zero-order valence-corrected chi connectivity index (χ0v) is 12.4. The molecule has 1 heterocycles. The summed E-state index contributed by atoms with van der Waals surface area (Å²) in [6.07, 6.45) is 5.22. The van der Waals surface area contributed by atoms with Crippen LogP contribution in [0.1, 0.15) is 38.2 Å². The summed E-state index contributed by atoms with van der Waals surface area (Å²) in [5.74, 6) is 0.853. The first kappa shape index (κ1) is 13.3. The van der Waals surface area contributed by atoms with Crippen LogP contribution in [0.2, 0.25) is 5.02 Å². The summed E-state index contributed by atoms with van der Waals surface area (Å²) < 4.78 is 0. The predicted molar refractivity (Wildman–Crippen MR) is 81.9 cm³/mol. The molecule has 0 aromatic heterocycles. The molecule has 19 heavy (non-hydrogen) atoms. The van der Waals surface area contributed by atoms with Crippen LogP contribution in [0, 0.1) is 5.92 Å². The van der Waals surface area contributed by atoms with Crippen molar-refractivity contribution in [3.8, 4) is 0 Å². The first-order chi connectivity index (χ1) is 9.24. The molecule has 1 aromatic rings. The lowest BCUT2D eigenvalue weighted by atomic mass is 9.98. The SMILES string of the molecule is CC1CCN(c2c(Cl)cccc2CNC2CC2)CC1. The molecule has 2 nitrogen and oxygen atoms in total. The van der Waals surface area contributed by atoms with Gasteiger partial charge in [0.1, 0.15) is 0 Å². The van der Waals surface area contributed by atoms with Gasteiger partial charge in [-0.2, -0.15) is 0 Å². The molecule has 3 heteroatoms. The fourth-order valence-electron chi connectivity index (χ4n) is 2.83. The Morgan fingerprint density at radius 1 is 1.21 bits per heavy atom. The quantitative estimate of drug-likeness (QED) is 0.900. The first-order valence-electron chi connectivity index (χ1n) is 7.50. The lowest BCUT2D eigenvalue weighted by Gasteiger charge is -2.34. The number of para-hydroxylation sites is 1. The van der Waals surface area contributed by atoms with Crippen molar-refractivity contribution in [2.45, 2.75) is 45.2 Å². The smallest absolute Gasteiger partial charge is 0.0642 e. The van der Waals surface area contributed by atoms with Crippen molar-refractivity contribution < 1.29 is 0 Å². The lowest BCUT2D eigenvalue weighted by molar-refractivity contribution is 0.437. The second-order valence-corrected chi connectivity index (χ2v) is 6.48. The molecule has 1 saturated carbocycles. The van der Waals surface area contributed by atoms with Crippen LogP contribution in [0.15, 0.2) is 18.2 Å². The number of benzene rings is 1. The van der Waals surface area contributed by atoms with Gasteiger partial charge in [-0.3, -0.25) is 0 Å². The first-order valence-corrected chi connectivity index (χ1v) is 7.87. The Morgan fingerprint density at radius 2 is 1.95 bits per heavy atom. The molecule has 1 saturated heterocycles. The molecule has 3 rings (SSSR count). The number of hydrogen-bond acceptors (Lipinski definition) is 2. The van der Waals surface area contributed by atoms with E-state index in [1.807, 2.05) is 6.07 Å². The van der Waals surface area contributed by atoms with Gasteiger partial charge in [0, 0.05) is 25.7 Å². The molecule has 0 radical (unpaired) electrons. The Labute approximate surface area is 121 Å². The van der Waals surface area contributed by atoms with E-state index in [2.05, 4.69) is 29.3 Å². The highest BCUT2D eigenvalue weighted by atomic mass is 35.5. The van der Waals surface area contributed by atoms with Crippen molar-refractivity contribution in [2.24, 2.45) is 5.92 Å². The minimum Gasteiger partial charge on any atom is -0.370 e. The van der Waals surface area contributed by atoms with Crippen molar-refractivity contribution in [3.05, 3.63) is 28.8 Å². The maximum Gasteiger partial charge on any atom is 0.0642 e. The van der Waals surface area contributed by atoms with Gasteiger partial charge in [0.25, 0.3) is 0 Å². The van der Waals surface area contributed by atoms with E-state index < -0.39 is 0 Å². The number of nitrogens with zero attached hydrogens (tertiary/aromatic N) is 1. The Hall–Kier alpha value is -0.730. The van der Waals surface area contributed by atoms with Gasteiger partial charge in [-0.1, -0.05) is 30.7 Å². The molecular weight excluding hydrogens is 256 g/mol. The van der Waals surface area contributed by atoms with Gasteiger partial charge < -0.3 is 10.2 Å². The third kappa shape index (κ3) is 3.24. The van der Waals surface area contributed by atoms with Crippen LogP contribution < -0.4 is 10.2 Å². The standard InChI is InChI=1S/C16H23ClN2/c1-12-7-9-19(10-8-12)16-13(3-2-4-15(16)17)11-18-14-5-6-14/h2-4,12,14,18H,5-11H2,1H3. The summed E-state index contributed by atoms with van der Waals surface area (Å²) >= 11 is 6.46. The molecular formula is C16H23ClN2. The normalized spacial score (nSPS) is 20.8. The number of halogens is 1. The predicted octanol–water partition coefficient (Wildman–Crippen LogP) is 3.83. The summed E-state index contributed by atoms with van der Waals surface area (Å²) in [7, 11) is 0. The lowest BCUT2D eigenvalue weighted by Crippen LogP contribution is -2.34. The van der Waals surface area contributed by atoms with Gasteiger partial charge >= 0.3 is 0 Å². The van der Waals surface area contributed by atoms with Gasteiger partial charge in [-0.15, -0.1) is 0 Å². The summed E-state index contributed by atoms with van der Waals surface area (Å²) in [5.41, 5.74) is 2.62. The number of hydrogen-bond donors (Lipinski definition) is 1. The van der Waals surface area contributed by atoms with Crippen LogP contribution in [0.25, 0.3) is 0 Å². The molecule has 1 N–H and O–H groups in total. The second kappa shape index (κ2) is 5.72. The van der Waals surface area contributed by atoms with Crippen LogP contribution in [0.5, 0.6) is 0 Å². The van der Waals surface area contributed by atoms with Crippen LogP contribution >= 0.6 is 11.6 Å². The van der Waals surface area contributed by atoms with E-state index in [1.165, 1.54) is 36.9 Å². The maximum atomic E-state index is 6.46. The van der Waals surface area contributed by atoms with E-state index in [1.54, 1.807) is 0 Å². The summed E-state index contributed by atoms with van der Waals surface area (Å²) in [5, 5.41) is 4.51. The van der Waals surface area contributed by atoms with Gasteiger partial charge in [-0.05, 0) is 43.2 Å². The Bertz CT molecular complexity index is 434. The zero-order valence-electron chi connectivity index (χ0n) is 11.7. The number of rotatable bonds is 4. The maximum absolute atomic E-state index is 6.46. The molecule has 0 bridgehead atoms. The largest absolute Gasteiger partial charge is 0.370 e. The van der Waals surface area contributed by atoms with Gasteiger partial charge in [-0.25, -0.2) is 0 Å². The van der Waals surface area contributed by atoms with Crippen molar-refractivity contribution in [3.63, 3.8) is 0 Å². The van der Waals surface area contributed by atoms with Crippen LogP contribution in [-0.4, -0.2) is 19.1 Å². The van der Waals surface area contributed by atoms with Crippen molar-refractivity contribution in [2.75, 3.05) is 18.0 Å². The third-order valence-electron chi connectivity index (χ3n) is 4.33. The molecule has 0 amide bonds. The Balaban J connectivity index is 1.77. The van der Waals surface area contributed by atoms with Crippen molar-refractivity contribution in [1.29, 1.82) is 0 Å². The zero-order chi connectivity index (χ0) is 13.2. The van der Waals surface area contributed by atoms with Crippen LogP contribution in [0.4, 0.5) is 5.69 Å². The van der Waals surface area contributed by atoms with E-state index in [0.717, 1.165) is 36.6 Å². The monoisotopic (exact) mass is 278 g/mol. The van der Waals surface area contributed by atoms with Gasteiger partial charge in [0.15, 0.2) is 0 Å². The summed E-state index contributed by atoms with van der Waals surface area (Å²) in [6.45, 7) is 5.58. The van der Waals surface area contributed by atoms with Crippen LogP contribution in [-0.2, 0) is 6.54 Å². The molecule has 104 valence electrons. The average Bonchev–Trinajstić information content (AvgIpc) is 3.22. The molecule has 2 aliphatic rings. The molecule has 2 fully saturated rings. The summed E-state index contributed by atoms with van der Waals surface area (Å²) in [6, 6.07) is 7.06. The molecule has 0 spiro atoms. The number of nitrogens with one attached hydrogen (secondary N) is 1. The molecule has 0 atom stereocenters. The highest BCUT2D eigenvalue weighted by molar-refractivity contribution is 6.33. The number of anilines is 1. The van der Waals surface area contributed by atoms with E-state index >= 15 is 0 Å². The average molecular weight is 279 g/mol. The highest BCUT2D eigenvalue weighted by Gasteiger charge is 2.23. The molecule has 1 aliphatic carbocycles. The van der Waals surface area contributed by atoms with E-state index in [9.17, 15) is 0 Å². The van der Waals surface area contributed by atoms with E-state index in [4.69, 9.17) is 11.6 Å². The highest BCUT2D eigenvalue weighted by Crippen LogP contribution is 2.33. The van der Waals surface area contributed by atoms with E-state index in [-0.39, 0.29) is 0 Å². The van der Waals surface area contributed by atoms with Crippen molar-refractivity contribution in [1.82, 2.24) is 5.32 Å². The third-order valence-corrected chi connectivity index (χ3v) is 4.63. The number of piperidine rings is 1. The van der Waals surface area contributed by atoms with E-state index in [0.29, 0.717) is 0 Å². The van der Waals surface area contributed by atoms with Crippen LogP contribution in [0.3, 0.4) is 0 Å². The molecule has 0 unspecified atom stereocenters.